The Morgan fingerprint density at radius 1 is 1.43 bits per heavy atom. The summed E-state index contributed by atoms with van der Waals surface area (Å²) in [5, 5.41) is 0. The first-order chi connectivity index (χ1) is 6.72. The van der Waals surface area contributed by atoms with Crippen LogP contribution in [0.5, 0.6) is 0 Å². The number of hydrogen-bond acceptors (Lipinski definition) is 2. The lowest BCUT2D eigenvalue weighted by atomic mass is 9.86. The number of allylic oxidation sites excluding steroid dienone is 1. The molecule has 1 fully saturated rings. The van der Waals surface area contributed by atoms with Crippen LogP contribution in [0.25, 0.3) is 0 Å². The van der Waals surface area contributed by atoms with Crippen LogP contribution in [0.3, 0.4) is 0 Å². The molecule has 0 aromatic carbocycles. The van der Waals surface area contributed by atoms with Crippen molar-refractivity contribution in [2.24, 2.45) is 0 Å². The average Bonchev–Trinajstić information content (AvgIpc) is 2.67. The normalized spacial score (nSPS) is 32.8. The SMILES string of the molecule is CC1(C(=O)C2=CCCCC2)CCCO1. The zero-order valence-corrected chi connectivity index (χ0v) is 8.84. The summed E-state index contributed by atoms with van der Waals surface area (Å²) in [5.74, 6) is 0.245. The summed E-state index contributed by atoms with van der Waals surface area (Å²) in [6.07, 6.45) is 8.44. The van der Waals surface area contributed by atoms with Gasteiger partial charge in [-0.15, -0.1) is 0 Å². The molecule has 0 spiro atoms. The quantitative estimate of drug-likeness (QED) is 0.675. The van der Waals surface area contributed by atoms with E-state index in [0.29, 0.717) is 0 Å². The van der Waals surface area contributed by atoms with Gasteiger partial charge >= 0.3 is 0 Å². The van der Waals surface area contributed by atoms with Crippen molar-refractivity contribution < 1.29 is 9.53 Å². The van der Waals surface area contributed by atoms with E-state index < -0.39 is 5.60 Å². The maximum Gasteiger partial charge on any atom is 0.190 e. The Bertz CT molecular complexity index is 259. The van der Waals surface area contributed by atoms with Gasteiger partial charge in [-0.05, 0) is 51.0 Å². The Morgan fingerprint density at radius 2 is 2.29 bits per heavy atom. The van der Waals surface area contributed by atoms with Gasteiger partial charge in [0.25, 0.3) is 0 Å². The van der Waals surface area contributed by atoms with Crippen molar-refractivity contribution in [2.45, 2.75) is 51.0 Å². The first-order valence-corrected chi connectivity index (χ1v) is 5.60. The summed E-state index contributed by atoms with van der Waals surface area (Å²) in [6.45, 7) is 2.69. The zero-order valence-electron chi connectivity index (χ0n) is 8.84. The van der Waals surface area contributed by atoms with E-state index in [9.17, 15) is 4.79 Å². The van der Waals surface area contributed by atoms with Gasteiger partial charge in [-0.2, -0.15) is 0 Å². The summed E-state index contributed by atoms with van der Waals surface area (Å²) < 4.78 is 5.57. The summed E-state index contributed by atoms with van der Waals surface area (Å²) in [6, 6.07) is 0. The molecule has 1 aliphatic heterocycles. The molecule has 0 aromatic rings. The first-order valence-electron chi connectivity index (χ1n) is 5.60. The molecule has 1 aliphatic carbocycles. The molecule has 2 heteroatoms. The smallest absolute Gasteiger partial charge is 0.190 e. The van der Waals surface area contributed by atoms with E-state index in [1.54, 1.807) is 0 Å². The van der Waals surface area contributed by atoms with Crippen LogP contribution < -0.4 is 0 Å². The number of Topliss-reactive ketones (excluding diaryl/α,β-unsaturated/α-hetero) is 1. The molecule has 2 nitrogen and oxygen atoms in total. The second kappa shape index (κ2) is 3.85. The van der Waals surface area contributed by atoms with Gasteiger partial charge in [-0.1, -0.05) is 6.08 Å². The highest BCUT2D eigenvalue weighted by atomic mass is 16.5. The van der Waals surface area contributed by atoms with Crippen LogP contribution >= 0.6 is 0 Å². The molecule has 0 N–H and O–H groups in total. The Labute approximate surface area is 85.3 Å². The van der Waals surface area contributed by atoms with E-state index >= 15 is 0 Å². The Hall–Kier alpha value is -0.630. The second-order valence-corrected chi connectivity index (χ2v) is 4.49. The van der Waals surface area contributed by atoms with Gasteiger partial charge in [0.05, 0.1) is 0 Å². The van der Waals surface area contributed by atoms with Crippen molar-refractivity contribution in [3.05, 3.63) is 11.6 Å². The molecule has 0 radical (unpaired) electrons. The minimum atomic E-state index is -0.497. The van der Waals surface area contributed by atoms with Crippen LogP contribution in [-0.2, 0) is 9.53 Å². The molecular formula is C12H18O2. The number of carbonyl (C=O) groups excluding carboxylic acids is 1. The lowest BCUT2D eigenvalue weighted by Crippen LogP contribution is -2.35. The predicted molar refractivity (Wildman–Crippen MR) is 55.1 cm³/mol. The third-order valence-electron chi connectivity index (χ3n) is 3.28. The molecule has 14 heavy (non-hydrogen) atoms. The van der Waals surface area contributed by atoms with Gasteiger partial charge in [0.15, 0.2) is 5.78 Å². The standard InChI is InChI=1S/C12H18O2/c1-12(8-5-9-14-12)11(13)10-6-3-2-4-7-10/h6H,2-5,7-9H2,1H3. The molecule has 78 valence electrons. The van der Waals surface area contributed by atoms with Gasteiger partial charge in [0.2, 0.25) is 0 Å². The van der Waals surface area contributed by atoms with Crippen LogP contribution in [0.1, 0.15) is 45.4 Å². The maximum absolute atomic E-state index is 12.1. The summed E-state index contributed by atoms with van der Waals surface area (Å²) >= 11 is 0. The number of hydrogen-bond donors (Lipinski definition) is 0. The van der Waals surface area contributed by atoms with Crippen molar-refractivity contribution in [2.75, 3.05) is 6.61 Å². The van der Waals surface area contributed by atoms with Crippen LogP contribution in [-0.4, -0.2) is 18.0 Å². The molecular weight excluding hydrogens is 176 g/mol. The molecule has 2 aliphatic rings. The fourth-order valence-corrected chi connectivity index (χ4v) is 2.34. The fourth-order valence-electron chi connectivity index (χ4n) is 2.34. The molecule has 0 bridgehead atoms. The lowest BCUT2D eigenvalue weighted by molar-refractivity contribution is -0.133. The molecule has 1 atom stereocenters. The van der Waals surface area contributed by atoms with E-state index in [0.717, 1.165) is 44.3 Å². The summed E-state index contributed by atoms with van der Waals surface area (Å²) in [7, 11) is 0. The Balaban J connectivity index is 2.10. The molecule has 1 heterocycles. The molecule has 1 saturated heterocycles. The van der Waals surface area contributed by atoms with E-state index in [1.807, 2.05) is 6.92 Å². The van der Waals surface area contributed by atoms with E-state index in [1.165, 1.54) is 6.42 Å². The maximum atomic E-state index is 12.1. The van der Waals surface area contributed by atoms with Crippen molar-refractivity contribution in [1.29, 1.82) is 0 Å². The first kappa shape index (κ1) is 9.91. The minimum Gasteiger partial charge on any atom is -0.367 e. The van der Waals surface area contributed by atoms with Gasteiger partial charge in [-0.25, -0.2) is 0 Å². The third-order valence-corrected chi connectivity index (χ3v) is 3.28. The number of ketones is 1. The molecule has 0 aromatic heterocycles. The highest BCUT2D eigenvalue weighted by molar-refractivity contribution is 6.01. The monoisotopic (exact) mass is 194 g/mol. The average molecular weight is 194 g/mol. The minimum absolute atomic E-state index is 0.245. The van der Waals surface area contributed by atoms with Crippen molar-refractivity contribution in [3.63, 3.8) is 0 Å². The summed E-state index contributed by atoms with van der Waals surface area (Å²) in [4.78, 5) is 12.1. The zero-order chi connectivity index (χ0) is 10.0. The highest BCUT2D eigenvalue weighted by Crippen LogP contribution is 2.31. The van der Waals surface area contributed by atoms with E-state index in [4.69, 9.17) is 4.74 Å². The Morgan fingerprint density at radius 3 is 2.86 bits per heavy atom. The van der Waals surface area contributed by atoms with Crippen LogP contribution in [0, 0.1) is 0 Å². The molecule has 0 amide bonds. The number of rotatable bonds is 2. The van der Waals surface area contributed by atoms with E-state index in [2.05, 4.69) is 6.08 Å². The van der Waals surface area contributed by atoms with Crippen molar-refractivity contribution >= 4 is 5.78 Å². The number of carbonyl (C=O) groups is 1. The largest absolute Gasteiger partial charge is 0.367 e. The molecule has 2 rings (SSSR count). The van der Waals surface area contributed by atoms with Crippen LogP contribution in [0.4, 0.5) is 0 Å². The van der Waals surface area contributed by atoms with Gasteiger partial charge in [-0.3, -0.25) is 4.79 Å². The van der Waals surface area contributed by atoms with E-state index in [-0.39, 0.29) is 5.78 Å². The van der Waals surface area contributed by atoms with Crippen molar-refractivity contribution in [3.8, 4) is 0 Å². The topological polar surface area (TPSA) is 26.3 Å². The third kappa shape index (κ3) is 1.76. The van der Waals surface area contributed by atoms with Crippen LogP contribution in [0.15, 0.2) is 11.6 Å². The second-order valence-electron chi connectivity index (χ2n) is 4.49. The summed E-state index contributed by atoms with van der Waals surface area (Å²) in [5.41, 5.74) is 0.518. The molecule has 1 unspecified atom stereocenters. The van der Waals surface area contributed by atoms with Gasteiger partial charge < -0.3 is 4.74 Å². The molecule has 0 saturated carbocycles. The van der Waals surface area contributed by atoms with Gasteiger partial charge in [0.1, 0.15) is 5.60 Å². The predicted octanol–water partition coefficient (Wildman–Crippen LogP) is 2.63. The van der Waals surface area contributed by atoms with Crippen molar-refractivity contribution in [1.82, 2.24) is 0 Å². The number of ether oxygens (including phenoxy) is 1. The highest BCUT2D eigenvalue weighted by Gasteiger charge is 2.38. The van der Waals surface area contributed by atoms with Gasteiger partial charge in [0, 0.05) is 6.61 Å². The fraction of sp³-hybridized carbons (Fsp3) is 0.750. The van der Waals surface area contributed by atoms with Crippen LogP contribution in [0.2, 0.25) is 0 Å². The lowest BCUT2D eigenvalue weighted by Gasteiger charge is -2.24. The Kier molecular flexibility index (Phi) is 2.73.